The number of rotatable bonds is 3. The van der Waals surface area contributed by atoms with Crippen LogP contribution in [0.5, 0.6) is 0 Å². The predicted octanol–water partition coefficient (Wildman–Crippen LogP) is 3.44. The molecule has 1 saturated heterocycles. The smallest absolute Gasteiger partial charge is 0.207 e. The molecule has 1 aliphatic heterocycles. The number of benzene rings is 1. The molecule has 0 amide bonds. The van der Waals surface area contributed by atoms with Crippen LogP contribution in [0.4, 0.5) is 4.39 Å². The minimum absolute atomic E-state index is 0.0152. The highest BCUT2D eigenvalue weighted by Crippen LogP contribution is 2.28. The normalized spacial score (nSPS) is 21.1. The van der Waals surface area contributed by atoms with E-state index in [9.17, 15) is 12.8 Å². The average Bonchev–Trinajstić information content (AvgIpc) is 2.41. The molecule has 20 heavy (non-hydrogen) atoms. The molecule has 1 atom stereocenters. The molecule has 2 rings (SSSR count). The summed E-state index contributed by atoms with van der Waals surface area (Å²) in [6.07, 6.45) is 2.77. The molecule has 0 saturated carbocycles. The number of nitrogens with zero attached hydrogens (tertiary/aromatic N) is 1. The fourth-order valence-corrected chi connectivity index (χ4v) is 4.65. The van der Waals surface area contributed by atoms with Gasteiger partial charge in [0.15, 0.2) is 0 Å². The molecule has 0 N–H and O–H groups in total. The summed E-state index contributed by atoms with van der Waals surface area (Å²) in [6, 6.07) is 2.73. The van der Waals surface area contributed by atoms with E-state index in [4.69, 9.17) is 11.6 Å². The number of aryl methyl sites for hydroxylation is 1. The van der Waals surface area contributed by atoms with Gasteiger partial charge in [-0.3, -0.25) is 0 Å². The zero-order chi connectivity index (χ0) is 14.9. The van der Waals surface area contributed by atoms with Crippen molar-refractivity contribution in [2.24, 2.45) is 0 Å². The van der Waals surface area contributed by atoms with Crippen molar-refractivity contribution < 1.29 is 12.8 Å². The maximum atomic E-state index is 13.8. The molecule has 1 unspecified atom stereocenters. The lowest BCUT2D eigenvalue weighted by molar-refractivity contribution is 0.268. The van der Waals surface area contributed by atoms with E-state index in [-0.39, 0.29) is 22.4 Å². The Labute approximate surface area is 124 Å². The molecule has 1 aromatic carbocycles. The average molecular weight is 320 g/mol. The molecule has 0 radical (unpaired) electrons. The largest absolute Gasteiger partial charge is 0.243 e. The SMILES string of the molecule is Cc1cc(S(=O)(=O)N2CCCCC2C)cc(CCl)c1F. The van der Waals surface area contributed by atoms with E-state index in [0.29, 0.717) is 12.1 Å². The van der Waals surface area contributed by atoms with Gasteiger partial charge in [-0.2, -0.15) is 4.31 Å². The molecule has 0 spiro atoms. The van der Waals surface area contributed by atoms with Crippen LogP contribution in [0.3, 0.4) is 0 Å². The summed E-state index contributed by atoms with van der Waals surface area (Å²) >= 11 is 5.69. The highest BCUT2D eigenvalue weighted by molar-refractivity contribution is 7.89. The second kappa shape index (κ2) is 6.00. The zero-order valence-corrected chi connectivity index (χ0v) is 13.3. The van der Waals surface area contributed by atoms with Crippen molar-refractivity contribution in [3.05, 3.63) is 29.1 Å². The lowest BCUT2D eigenvalue weighted by Crippen LogP contribution is -2.42. The van der Waals surface area contributed by atoms with Gasteiger partial charge >= 0.3 is 0 Å². The van der Waals surface area contributed by atoms with Gasteiger partial charge in [0.25, 0.3) is 0 Å². The van der Waals surface area contributed by atoms with Crippen LogP contribution in [0.2, 0.25) is 0 Å². The van der Waals surface area contributed by atoms with E-state index in [1.807, 2.05) is 6.92 Å². The Balaban J connectivity index is 2.46. The number of alkyl halides is 1. The van der Waals surface area contributed by atoms with Crippen LogP contribution >= 0.6 is 11.6 Å². The van der Waals surface area contributed by atoms with Crippen LogP contribution in [0.25, 0.3) is 0 Å². The molecule has 0 aliphatic carbocycles. The Morgan fingerprint density at radius 3 is 2.70 bits per heavy atom. The molecule has 1 fully saturated rings. The van der Waals surface area contributed by atoms with Crippen molar-refractivity contribution in [1.29, 1.82) is 0 Å². The van der Waals surface area contributed by atoms with Gasteiger partial charge in [-0.1, -0.05) is 6.42 Å². The van der Waals surface area contributed by atoms with Crippen LogP contribution in [-0.4, -0.2) is 25.3 Å². The molecule has 0 aromatic heterocycles. The highest BCUT2D eigenvalue weighted by Gasteiger charge is 2.31. The lowest BCUT2D eigenvalue weighted by Gasteiger charge is -2.32. The zero-order valence-electron chi connectivity index (χ0n) is 11.7. The van der Waals surface area contributed by atoms with Crippen molar-refractivity contribution in [2.75, 3.05) is 6.54 Å². The Morgan fingerprint density at radius 1 is 1.40 bits per heavy atom. The van der Waals surface area contributed by atoms with E-state index in [2.05, 4.69) is 0 Å². The maximum Gasteiger partial charge on any atom is 0.243 e. The third kappa shape index (κ3) is 2.85. The molecule has 3 nitrogen and oxygen atoms in total. The van der Waals surface area contributed by atoms with Gasteiger partial charge in [-0.05, 0) is 44.4 Å². The van der Waals surface area contributed by atoms with Gasteiger partial charge in [-0.25, -0.2) is 12.8 Å². The van der Waals surface area contributed by atoms with Crippen LogP contribution in [0.15, 0.2) is 17.0 Å². The number of piperidine rings is 1. The summed E-state index contributed by atoms with van der Waals surface area (Å²) in [5.74, 6) is -0.461. The molecule has 0 bridgehead atoms. The topological polar surface area (TPSA) is 37.4 Å². The van der Waals surface area contributed by atoms with Gasteiger partial charge in [0.2, 0.25) is 10.0 Å². The number of sulfonamides is 1. The van der Waals surface area contributed by atoms with Crippen LogP contribution in [0.1, 0.15) is 37.3 Å². The highest BCUT2D eigenvalue weighted by atomic mass is 35.5. The van der Waals surface area contributed by atoms with Crippen molar-refractivity contribution >= 4 is 21.6 Å². The minimum atomic E-state index is -3.58. The molecule has 1 aromatic rings. The second-order valence-electron chi connectivity index (χ2n) is 5.31. The first kappa shape index (κ1) is 15.7. The first-order valence-electron chi connectivity index (χ1n) is 6.74. The van der Waals surface area contributed by atoms with E-state index >= 15 is 0 Å². The summed E-state index contributed by atoms with van der Waals surface area (Å²) in [5.41, 5.74) is 0.543. The summed E-state index contributed by atoms with van der Waals surface area (Å²) in [6.45, 7) is 4.00. The van der Waals surface area contributed by atoms with Gasteiger partial charge in [-0.15, -0.1) is 11.6 Å². The molecule has 1 aliphatic rings. The predicted molar refractivity (Wildman–Crippen MR) is 77.9 cm³/mol. The van der Waals surface area contributed by atoms with Crippen molar-refractivity contribution in [2.45, 2.75) is 49.9 Å². The summed E-state index contributed by atoms with van der Waals surface area (Å²) in [5, 5.41) is 0. The standard InChI is InChI=1S/C14H19ClFNO2S/c1-10-7-13(8-12(9-15)14(10)16)20(18,19)17-6-4-3-5-11(17)2/h7-8,11H,3-6,9H2,1-2H3. The fraction of sp³-hybridized carbons (Fsp3) is 0.571. The monoisotopic (exact) mass is 319 g/mol. The number of hydrogen-bond donors (Lipinski definition) is 0. The van der Waals surface area contributed by atoms with Crippen molar-refractivity contribution in [1.82, 2.24) is 4.31 Å². The quantitative estimate of drug-likeness (QED) is 0.800. The Morgan fingerprint density at radius 2 is 2.10 bits per heavy atom. The van der Waals surface area contributed by atoms with Crippen LogP contribution < -0.4 is 0 Å². The fourth-order valence-electron chi connectivity index (χ4n) is 2.62. The number of hydrogen-bond acceptors (Lipinski definition) is 2. The van der Waals surface area contributed by atoms with E-state index in [0.717, 1.165) is 19.3 Å². The first-order valence-corrected chi connectivity index (χ1v) is 8.72. The Hall–Kier alpha value is -0.650. The second-order valence-corrected chi connectivity index (χ2v) is 7.47. The van der Waals surface area contributed by atoms with Gasteiger partial charge < -0.3 is 0 Å². The van der Waals surface area contributed by atoms with Crippen molar-refractivity contribution in [3.63, 3.8) is 0 Å². The van der Waals surface area contributed by atoms with Crippen LogP contribution in [-0.2, 0) is 15.9 Å². The summed E-state index contributed by atoms with van der Waals surface area (Å²) in [7, 11) is -3.58. The van der Waals surface area contributed by atoms with Crippen LogP contribution in [0, 0.1) is 12.7 Å². The minimum Gasteiger partial charge on any atom is -0.207 e. The van der Waals surface area contributed by atoms with Gasteiger partial charge in [0.05, 0.1) is 10.8 Å². The lowest BCUT2D eigenvalue weighted by atomic mass is 10.1. The summed E-state index contributed by atoms with van der Waals surface area (Å²) < 4.78 is 40.7. The first-order chi connectivity index (χ1) is 9.37. The number of halogens is 2. The van der Waals surface area contributed by atoms with E-state index < -0.39 is 15.8 Å². The van der Waals surface area contributed by atoms with Crippen molar-refractivity contribution in [3.8, 4) is 0 Å². The Kier molecular flexibility index (Phi) is 4.72. The summed E-state index contributed by atoms with van der Waals surface area (Å²) in [4.78, 5) is 0.140. The Bertz CT molecular complexity index is 603. The van der Waals surface area contributed by atoms with Gasteiger partial charge in [0.1, 0.15) is 5.82 Å². The molecule has 6 heteroatoms. The molecule has 1 heterocycles. The molecule has 112 valence electrons. The third-order valence-corrected chi connectivity index (χ3v) is 6.08. The van der Waals surface area contributed by atoms with Gasteiger partial charge in [0, 0.05) is 18.2 Å². The van der Waals surface area contributed by atoms with E-state index in [1.165, 1.54) is 16.4 Å². The molecular formula is C14H19ClFNO2S. The maximum absolute atomic E-state index is 13.8. The molecular weight excluding hydrogens is 301 g/mol. The van der Waals surface area contributed by atoms with E-state index in [1.54, 1.807) is 6.92 Å². The third-order valence-electron chi connectivity index (χ3n) is 3.80.